The monoisotopic (exact) mass is 389 g/mol. The van der Waals surface area contributed by atoms with Crippen molar-refractivity contribution in [1.82, 2.24) is 5.32 Å². The van der Waals surface area contributed by atoms with Crippen LogP contribution in [0.2, 0.25) is 0 Å². The van der Waals surface area contributed by atoms with E-state index in [0.717, 1.165) is 6.42 Å². The highest BCUT2D eigenvalue weighted by molar-refractivity contribution is 5.97. The molecule has 0 heterocycles. The summed E-state index contributed by atoms with van der Waals surface area (Å²) in [7, 11) is 0. The maximum Gasteiger partial charge on any atom is 0.251 e. The molecule has 2 aromatic rings. The number of anilines is 1. The second-order valence-electron chi connectivity index (χ2n) is 6.79. The molecule has 0 aliphatic carbocycles. The maximum atomic E-state index is 12.2. The number of carbonyl (C=O) groups is 2. The number of carbonyl (C=O) groups excluding carboxylic acids is 2. The summed E-state index contributed by atoms with van der Waals surface area (Å²) >= 11 is 0. The van der Waals surface area contributed by atoms with Crippen molar-refractivity contribution < 1.29 is 9.59 Å². The van der Waals surface area contributed by atoms with Gasteiger partial charge < -0.3 is 16.4 Å². The Morgan fingerprint density at radius 2 is 1.63 bits per heavy atom. The van der Waals surface area contributed by atoms with Crippen molar-refractivity contribution in [2.75, 3.05) is 11.9 Å². The number of benzene rings is 2. The smallest absolute Gasteiger partial charge is 0.251 e. The Labute approximate surface area is 167 Å². The third-order valence-electron chi connectivity index (χ3n) is 4.02. The fourth-order valence-electron chi connectivity index (χ4n) is 2.62. The molecule has 146 valence electrons. The highest BCUT2D eigenvalue weighted by Gasteiger charge is 2.15. The molecule has 0 saturated heterocycles. The minimum absolute atomic E-state index is 0. The van der Waals surface area contributed by atoms with Gasteiger partial charge in [0.15, 0.2) is 0 Å². The lowest BCUT2D eigenvalue weighted by atomic mass is 10.0. The van der Waals surface area contributed by atoms with E-state index in [1.54, 1.807) is 24.3 Å². The topological polar surface area (TPSA) is 84.2 Å². The second-order valence-corrected chi connectivity index (χ2v) is 6.79. The minimum atomic E-state index is -0.532. The molecular formula is C21H28ClN3O2. The SMILES string of the molecule is CC(C)C[C@H](N)C(=O)Nc1ccc(C(=O)NCCc2ccccc2)cc1.Cl. The zero-order valence-corrected chi connectivity index (χ0v) is 16.6. The number of halogens is 1. The van der Waals surface area contributed by atoms with Gasteiger partial charge in [-0.15, -0.1) is 12.4 Å². The molecule has 4 N–H and O–H groups in total. The van der Waals surface area contributed by atoms with Crippen LogP contribution in [-0.4, -0.2) is 24.4 Å². The molecule has 27 heavy (non-hydrogen) atoms. The highest BCUT2D eigenvalue weighted by atomic mass is 35.5. The van der Waals surface area contributed by atoms with E-state index in [1.165, 1.54) is 5.56 Å². The van der Waals surface area contributed by atoms with Crippen LogP contribution in [0.4, 0.5) is 5.69 Å². The molecule has 2 amide bonds. The van der Waals surface area contributed by atoms with Crippen LogP contribution in [0.15, 0.2) is 54.6 Å². The molecule has 0 spiro atoms. The zero-order valence-electron chi connectivity index (χ0n) is 15.8. The maximum absolute atomic E-state index is 12.2. The van der Waals surface area contributed by atoms with Crippen molar-refractivity contribution in [2.45, 2.75) is 32.7 Å². The number of hydrogen-bond acceptors (Lipinski definition) is 3. The average Bonchev–Trinajstić information content (AvgIpc) is 2.62. The first-order valence-electron chi connectivity index (χ1n) is 8.94. The fraction of sp³-hybridized carbons (Fsp3) is 0.333. The summed E-state index contributed by atoms with van der Waals surface area (Å²) in [6.45, 7) is 4.63. The molecule has 6 heteroatoms. The van der Waals surface area contributed by atoms with Crippen LogP contribution in [0, 0.1) is 5.92 Å². The van der Waals surface area contributed by atoms with Crippen molar-refractivity contribution in [1.29, 1.82) is 0 Å². The average molecular weight is 390 g/mol. The quantitative estimate of drug-likeness (QED) is 0.647. The predicted octanol–water partition coefficient (Wildman–Crippen LogP) is 3.39. The van der Waals surface area contributed by atoms with Crippen LogP contribution in [0.5, 0.6) is 0 Å². The molecule has 2 rings (SSSR count). The number of hydrogen-bond donors (Lipinski definition) is 3. The molecule has 1 atom stereocenters. The number of amides is 2. The summed E-state index contributed by atoms with van der Waals surface area (Å²) in [5, 5.41) is 5.68. The molecule has 0 aliphatic rings. The summed E-state index contributed by atoms with van der Waals surface area (Å²) < 4.78 is 0. The van der Waals surface area contributed by atoms with Crippen LogP contribution < -0.4 is 16.4 Å². The molecule has 0 radical (unpaired) electrons. The first-order valence-corrected chi connectivity index (χ1v) is 8.94. The molecule has 0 fully saturated rings. The van der Waals surface area contributed by atoms with E-state index in [1.807, 2.05) is 44.2 Å². The van der Waals surface area contributed by atoms with Crippen LogP contribution >= 0.6 is 12.4 Å². The van der Waals surface area contributed by atoms with E-state index in [9.17, 15) is 9.59 Å². The molecule has 5 nitrogen and oxygen atoms in total. The lowest BCUT2D eigenvalue weighted by molar-refractivity contribution is -0.117. The Bertz CT molecular complexity index is 718. The van der Waals surface area contributed by atoms with Gasteiger partial charge in [-0.2, -0.15) is 0 Å². The van der Waals surface area contributed by atoms with Crippen molar-refractivity contribution in [3.05, 3.63) is 65.7 Å². The number of rotatable bonds is 8. The van der Waals surface area contributed by atoms with Gasteiger partial charge >= 0.3 is 0 Å². The Hall–Kier alpha value is -2.37. The Morgan fingerprint density at radius 3 is 2.22 bits per heavy atom. The van der Waals surface area contributed by atoms with E-state index < -0.39 is 6.04 Å². The zero-order chi connectivity index (χ0) is 18.9. The molecular weight excluding hydrogens is 362 g/mol. The third kappa shape index (κ3) is 7.81. The van der Waals surface area contributed by atoms with Crippen molar-refractivity contribution in [3.63, 3.8) is 0 Å². The van der Waals surface area contributed by atoms with E-state index >= 15 is 0 Å². The minimum Gasteiger partial charge on any atom is -0.352 e. The largest absolute Gasteiger partial charge is 0.352 e. The van der Waals surface area contributed by atoms with Gasteiger partial charge in [-0.1, -0.05) is 44.2 Å². The summed E-state index contributed by atoms with van der Waals surface area (Å²) in [5.41, 5.74) is 8.25. The van der Waals surface area contributed by atoms with Gasteiger partial charge in [-0.05, 0) is 48.6 Å². The van der Waals surface area contributed by atoms with Crippen molar-refractivity contribution in [3.8, 4) is 0 Å². The Kier molecular flexibility index (Phi) is 9.54. The summed E-state index contributed by atoms with van der Waals surface area (Å²) in [6, 6.07) is 16.3. The first kappa shape index (κ1) is 22.7. The van der Waals surface area contributed by atoms with E-state index in [4.69, 9.17) is 5.73 Å². The van der Waals surface area contributed by atoms with Gasteiger partial charge in [0.1, 0.15) is 0 Å². The Balaban J connectivity index is 0.00000364. The number of nitrogens with two attached hydrogens (primary N) is 1. The van der Waals surface area contributed by atoms with E-state index in [-0.39, 0.29) is 24.2 Å². The third-order valence-corrected chi connectivity index (χ3v) is 4.02. The van der Waals surface area contributed by atoms with Crippen LogP contribution in [0.1, 0.15) is 36.2 Å². The standard InChI is InChI=1S/C21H27N3O2.ClH/c1-15(2)14-19(22)21(26)24-18-10-8-17(9-11-18)20(25)23-13-12-16-6-4-3-5-7-16;/h3-11,15,19H,12-14,22H2,1-2H3,(H,23,25)(H,24,26);1H/t19-;/m0./s1. The van der Waals surface area contributed by atoms with E-state index in [2.05, 4.69) is 10.6 Å². The normalized spacial score (nSPS) is 11.4. The summed E-state index contributed by atoms with van der Waals surface area (Å²) in [5.74, 6) is 0.0202. The molecule has 0 unspecified atom stereocenters. The van der Waals surface area contributed by atoms with Crippen LogP contribution in [-0.2, 0) is 11.2 Å². The molecule has 0 bridgehead atoms. The van der Waals surface area contributed by atoms with Gasteiger partial charge in [-0.3, -0.25) is 9.59 Å². The van der Waals surface area contributed by atoms with Crippen LogP contribution in [0.3, 0.4) is 0 Å². The highest BCUT2D eigenvalue weighted by Crippen LogP contribution is 2.11. The van der Waals surface area contributed by atoms with Crippen LogP contribution in [0.25, 0.3) is 0 Å². The summed E-state index contributed by atoms with van der Waals surface area (Å²) in [4.78, 5) is 24.2. The van der Waals surface area contributed by atoms with Crippen molar-refractivity contribution in [2.24, 2.45) is 11.7 Å². The lowest BCUT2D eigenvalue weighted by Gasteiger charge is -2.14. The van der Waals surface area contributed by atoms with Crippen molar-refractivity contribution >= 4 is 29.9 Å². The fourth-order valence-corrected chi connectivity index (χ4v) is 2.62. The number of nitrogens with one attached hydrogen (secondary N) is 2. The van der Waals surface area contributed by atoms with Gasteiger partial charge in [-0.25, -0.2) is 0 Å². The van der Waals surface area contributed by atoms with E-state index in [0.29, 0.717) is 30.1 Å². The lowest BCUT2D eigenvalue weighted by Crippen LogP contribution is -2.36. The van der Waals surface area contributed by atoms with Gasteiger partial charge in [0, 0.05) is 17.8 Å². The second kappa shape index (κ2) is 11.4. The van der Waals surface area contributed by atoms with Gasteiger partial charge in [0.05, 0.1) is 6.04 Å². The Morgan fingerprint density at radius 1 is 1.00 bits per heavy atom. The first-order chi connectivity index (χ1) is 12.5. The molecule has 0 saturated carbocycles. The molecule has 0 aliphatic heterocycles. The predicted molar refractivity (Wildman–Crippen MR) is 112 cm³/mol. The summed E-state index contributed by atoms with van der Waals surface area (Å²) in [6.07, 6.45) is 1.42. The molecule has 0 aromatic heterocycles. The molecule has 2 aromatic carbocycles. The van der Waals surface area contributed by atoms with Gasteiger partial charge in [0.25, 0.3) is 5.91 Å². The van der Waals surface area contributed by atoms with Gasteiger partial charge in [0.2, 0.25) is 5.91 Å².